The number of esters is 1. The number of benzene rings is 2. The van der Waals surface area contributed by atoms with Gasteiger partial charge < -0.3 is 25.6 Å². The minimum Gasteiger partial charge on any atom is -0.465 e. The van der Waals surface area contributed by atoms with Crippen LogP contribution in [0.1, 0.15) is 36.2 Å². The molecule has 3 rings (SSSR count). The fourth-order valence-electron chi connectivity index (χ4n) is 3.72. The Morgan fingerprint density at radius 2 is 1.82 bits per heavy atom. The summed E-state index contributed by atoms with van der Waals surface area (Å²) in [6.07, 6.45) is -4.81. The van der Waals surface area contributed by atoms with Crippen molar-refractivity contribution in [3.8, 4) is 0 Å². The third-order valence-electron chi connectivity index (χ3n) is 5.61. The molecule has 1 aliphatic rings. The van der Waals surface area contributed by atoms with Crippen LogP contribution in [0.15, 0.2) is 48.5 Å². The average molecular weight is 535 g/mol. The Morgan fingerprint density at radius 1 is 1.11 bits per heavy atom. The number of carbonyl (C=O) groups excluding carboxylic acids is 4. The van der Waals surface area contributed by atoms with Crippen molar-refractivity contribution in [2.24, 2.45) is 5.92 Å². The highest BCUT2D eigenvalue weighted by Gasteiger charge is 2.35. The highest BCUT2D eigenvalue weighted by Crippen LogP contribution is 2.30. The van der Waals surface area contributed by atoms with Gasteiger partial charge in [-0.15, -0.1) is 0 Å². The lowest BCUT2D eigenvalue weighted by atomic mass is 10.1. The number of anilines is 2. The number of halogens is 3. The van der Waals surface area contributed by atoms with Crippen molar-refractivity contribution in [1.29, 1.82) is 0 Å². The van der Waals surface area contributed by atoms with E-state index in [1.165, 1.54) is 29.2 Å². The lowest BCUT2D eigenvalue weighted by Gasteiger charge is -2.34. The molecule has 3 N–H and O–H groups in total. The Morgan fingerprint density at radius 3 is 2.53 bits per heavy atom. The summed E-state index contributed by atoms with van der Waals surface area (Å²) in [4.78, 5) is 51.3. The van der Waals surface area contributed by atoms with Gasteiger partial charge in [0.15, 0.2) is 0 Å². The van der Waals surface area contributed by atoms with Gasteiger partial charge in [0.25, 0.3) is 5.91 Å². The quantitative estimate of drug-likeness (QED) is 0.425. The van der Waals surface area contributed by atoms with E-state index in [1.54, 1.807) is 12.1 Å². The molecule has 0 spiro atoms. The van der Waals surface area contributed by atoms with Crippen LogP contribution in [-0.4, -0.2) is 60.9 Å². The number of hydrogen-bond acceptors (Lipinski definition) is 6. The SMILES string of the molecule is CC(C)COC(=O)CC1C(=O)NCCN1C(=O)CNc1cccc(C(=O)Nc2cccc(C(F)(F)F)c2)c1. The fraction of sp³-hybridized carbons (Fsp3) is 0.385. The number of piperazine rings is 1. The van der Waals surface area contributed by atoms with E-state index in [-0.39, 0.29) is 49.8 Å². The molecule has 2 aromatic rings. The molecule has 0 bridgehead atoms. The summed E-state index contributed by atoms with van der Waals surface area (Å²) in [5.41, 5.74) is -0.339. The summed E-state index contributed by atoms with van der Waals surface area (Å²) in [6.45, 7) is 4.21. The molecule has 2 aromatic carbocycles. The monoisotopic (exact) mass is 534 g/mol. The lowest BCUT2D eigenvalue weighted by Crippen LogP contribution is -2.58. The first-order valence-corrected chi connectivity index (χ1v) is 12.0. The standard InChI is InChI=1S/C26H29F3N4O5/c1-16(2)15-38-23(35)13-21-25(37)30-9-10-33(21)22(34)14-31-19-7-3-5-17(11-19)24(36)32-20-8-4-6-18(12-20)26(27,28)29/h3-8,11-12,16,21,31H,9-10,13-15H2,1-2H3,(H,30,37)(H,32,36). The number of nitrogens with one attached hydrogen (secondary N) is 3. The van der Waals surface area contributed by atoms with Gasteiger partial charge in [-0.05, 0) is 42.3 Å². The van der Waals surface area contributed by atoms with Crippen molar-refractivity contribution >= 4 is 35.1 Å². The molecule has 0 aromatic heterocycles. The normalized spacial score (nSPS) is 15.6. The van der Waals surface area contributed by atoms with E-state index >= 15 is 0 Å². The molecule has 0 saturated carbocycles. The van der Waals surface area contributed by atoms with Crippen LogP contribution in [0.5, 0.6) is 0 Å². The molecule has 0 aliphatic carbocycles. The number of hydrogen-bond donors (Lipinski definition) is 3. The third-order valence-corrected chi connectivity index (χ3v) is 5.61. The van der Waals surface area contributed by atoms with Crippen molar-refractivity contribution < 1.29 is 37.1 Å². The van der Waals surface area contributed by atoms with Gasteiger partial charge >= 0.3 is 12.1 Å². The summed E-state index contributed by atoms with van der Waals surface area (Å²) in [5.74, 6) is -1.96. The molecular weight excluding hydrogens is 505 g/mol. The van der Waals surface area contributed by atoms with Gasteiger partial charge in [0.05, 0.1) is 25.1 Å². The van der Waals surface area contributed by atoms with E-state index < -0.39 is 41.5 Å². The average Bonchev–Trinajstić information content (AvgIpc) is 2.87. The van der Waals surface area contributed by atoms with Crippen molar-refractivity contribution in [3.63, 3.8) is 0 Å². The number of nitrogens with zero attached hydrogens (tertiary/aromatic N) is 1. The topological polar surface area (TPSA) is 117 Å². The van der Waals surface area contributed by atoms with Gasteiger partial charge in [-0.2, -0.15) is 13.2 Å². The van der Waals surface area contributed by atoms with Gasteiger partial charge in [0.2, 0.25) is 11.8 Å². The predicted molar refractivity (Wildman–Crippen MR) is 133 cm³/mol. The van der Waals surface area contributed by atoms with Gasteiger partial charge in [-0.1, -0.05) is 26.0 Å². The number of ether oxygens (including phenoxy) is 1. The molecule has 1 heterocycles. The van der Waals surface area contributed by atoms with Crippen LogP contribution in [0, 0.1) is 5.92 Å². The zero-order chi connectivity index (χ0) is 27.9. The molecule has 12 heteroatoms. The van der Waals surface area contributed by atoms with Crippen molar-refractivity contribution in [2.75, 3.05) is 36.9 Å². The zero-order valence-electron chi connectivity index (χ0n) is 20.9. The first kappa shape index (κ1) is 28.5. The van der Waals surface area contributed by atoms with Crippen LogP contribution in [0.2, 0.25) is 0 Å². The number of rotatable bonds is 9. The molecule has 204 valence electrons. The summed E-state index contributed by atoms with van der Waals surface area (Å²) in [7, 11) is 0. The molecule has 0 radical (unpaired) electrons. The maximum atomic E-state index is 12.9. The largest absolute Gasteiger partial charge is 0.465 e. The van der Waals surface area contributed by atoms with E-state index in [0.29, 0.717) is 5.69 Å². The van der Waals surface area contributed by atoms with Crippen LogP contribution >= 0.6 is 0 Å². The summed E-state index contributed by atoms with van der Waals surface area (Å²) < 4.78 is 44.0. The maximum absolute atomic E-state index is 12.9. The highest BCUT2D eigenvalue weighted by molar-refractivity contribution is 6.05. The number of amides is 3. The minimum absolute atomic E-state index is 0.0142. The van der Waals surface area contributed by atoms with Crippen molar-refractivity contribution in [3.05, 3.63) is 59.7 Å². The third kappa shape index (κ3) is 7.95. The Balaban J connectivity index is 1.61. The van der Waals surface area contributed by atoms with Crippen LogP contribution in [0.25, 0.3) is 0 Å². The molecule has 3 amide bonds. The Kier molecular flexibility index (Phi) is 9.32. The zero-order valence-corrected chi connectivity index (χ0v) is 20.9. The molecular formula is C26H29F3N4O5. The van der Waals surface area contributed by atoms with Crippen molar-refractivity contribution in [1.82, 2.24) is 10.2 Å². The van der Waals surface area contributed by atoms with Crippen molar-refractivity contribution in [2.45, 2.75) is 32.5 Å². The van der Waals surface area contributed by atoms with Gasteiger partial charge in [0.1, 0.15) is 6.04 Å². The Labute approximate surface area is 217 Å². The Bertz CT molecular complexity index is 1190. The second-order valence-electron chi connectivity index (χ2n) is 9.14. The minimum atomic E-state index is -4.54. The number of carbonyl (C=O) groups is 4. The second kappa shape index (κ2) is 12.4. The van der Waals surface area contributed by atoms with Crippen LogP contribution in [0.4, 0.5) is 24.5 Å². The summed E-state index contributed by atoms with van der Waals surface area (Å²) in [6, 6.07) is 9.36. The highest BCUT2D eigenvalue weighted by atomic mass is 19.4. The van der Waals surface area contributed by atoms with Crippen LogP contribution in [-0.2, 0) is 25.3 Å². The summed E-state index contributed by atoms with van der Waals surface area (Å²) in [5, 5.41) is 7.97. The van der Waals surface area contributed by atoms with Gasteiger partial charge in [-0.25, -0.2) is 0 Å². The smallest absolute Gasteiger partial charge is 0.416 e. The molecule has 1 aliphatic heterocycles. The van der Waals surface area contributed by atoms with E-state index in [2.05, 4.69) is 16.0 Å². The van der Waals surface area contributed by atoms with E-state index in [9.17, 15) is 32.3 Å². The summed E-state index contributed by atoms with van der Waals surface area (Å²) >= 11 is 0. The second-order valence-corrected chi connectivity index (χ2v) is 9.14. The first-order chi connectivity index (χ1) is 17.9. The molecule has 1 atom stereocenters. The van der Waals surface area contributed by atoms with Crippen LogP contribution < -0.4 is 16.0 Å². The van der Waals surface area contributed by atoms with E-state index in [4.69, 9.17) is 4.74 Å². The molecule has 1 saturated heterocycles. The molecule has 1 fully saturated rings. The van der Waals surface area contributed by atoms with E-state index in [0.717, 1.165) is 12.1 Å². The molecule has 1 unspecified atom stereocenters. The lowest BCUT2D eigenvalue weighted by molar-refractivity contribution is -0.152. The maximum Gasteiger partial charge on any atom is 0.416 e. The van der Waals surface area contributed by atoms with Gasteiger partial charge in [-0.3, -0.25) is 19.2 Å². The van der Waals surface area contributed by atoms with E-state index in [1.807, 2.05) is 13.8 Å². The van der Waals surface area contributed by atoms with Crippen LogP contribution in [0.3, 0.4) is 0 Å². The fourth-order valence-corrected chi connectivity index (χ4v) is 3.72. The first-order valence-electron chi connectivity index (χ1n) is 12.0. The number of alkyl halides is 3. The Hall–Kier alpha value is -4.09. The predicted octanol–water partition coefficient (Wildman–Crippen LogP) is 3.29. The van der Waals surface area contributed by atoms with Gasteiger partial charge in [0, 0.05) is 30.0 Å². The molecule has 38 heavy (non-hydrogen) atoms. The molecule has 9 nitrogen and oxygen atoms in total.